The molecule has 2 rings (SSSR count). The molecule has 2 nitrogen and oxygen atoms in total. The monoisotopic (exact) mass is 367 g/mol. The highest BCUT2D eigenvalue weighted by atomic mass is 35.5. The van der Waals surface area contributed by atoms with Gasteiger partial charge in [0, 0.05) is 21.5 Å². The molecule has 0 aromatic heterocycles. The van der Waals surface area contributed by atoms with Crippen LogP contribution in [-0.2, 0) is 11.2 Å². The quantitative estimate of drug-likeness (QED) is 0.536. The van der Waals surface area contributed by atoms with Gasteiger partial charge in [-0.2, -0.15) is 0 Å². The van der Waals surface area contributed by atoms with Gasteiger partial charge in [0.05, 0.1) is 5.25 Å². The molecule has 1 amide bonds. The molecular formula is C18H19Cl2NOS. The molecule has 23 heavy (non-hydrogen) atoms. The summed E-state index contributed by atoms with van der Waals surface area (Å²) in [6, 6.07) is 15.3. The Bertz CT molecular complexity index is 646. The molecule has 2 aromatic rings. The molecule has 0 saturated heterocycles. The first-order valence-electron chi connectivity index (χ1n) is 7.49. The van der Waals surface area contributed by atoms with Crippen LogP contribution in [0.2, 0.25) is 10.0 Å². The molecule has 0 saturated carbocycles. The lowest BCUT2D eigenvalue weighted by molar-refractivity contribution is -0.120. The number of halogens is 2. The Morgan fingerprint density at radius 1 is 1.13 bits per heavy atom. The van der Waals surface area contributed by atoms with Crippen molar-refractivity contribution in [3.05, 3.63) is 64.1 Å². The zero-order valence-corrected chi connectivity index (χ0v) is 15.2. The van der Waals surface area contributed by atoms with Crippen LogP contribution < -0.4 is 5.32 Å². The van der Waals surface area contributed by atoms with E-state index in [0.29, 0.717) is 11.6 Å². The first-order chi connectivity index (χ1) is 11.1. The summed E-state index contributed by atoms with van der Waals surface area (Å²) in [5, 5.41) is 4.32. The maximum atomic E-state index is 12.1. The van der Waals surface area contributed by atoms with Gasteiger partial charge in [-0.25, -0.2) is 0 Å². The average Bonchev–Trinajstić information content (AvgIpc) is 2.55. The van der Waals surface area contributed by atoms with Crippen molar-refractivity contribution in [3.8, 4) is 0 Å². The number of rotatable bonds is 7. The summed E-state index contributed by atoms with van der Waals surface area (Å²) in [5.74, 6) is 0.0455. The number of thioether (sulfide) groups is 1. The first kappa shape index (κ1) is 18.2. The second-order valence-electron chi connectivity index (χ2n) is 5.20. The predicted molar refractivity (Wildman–Crippen MR) is 99.6 cm³/mol. The van der Waals surface area contributed by atoms with E-state index in [9.17, 15) is 4.79 Å². The molecule has 2 aromatic carbocycles. The fourth-order valence-electron chi connectivity index (χ4n) is 2.11. The fraction of sp³-hybridized carbons (Fsp3) is 0.278. The maximum absolute atomic E-state index is 12.1. The Labute approximate surface area is 151 Å². The van der Waals surface area contributed by atoms with E-state index in [1.54, 1.807) is 0 Å². The van der Waals surface area contributed by atoms with Gasteiger partial charge in [0.15, 0.2) is 0 Å². The van der Waals surface area contributed by atoms with Crippen LogP contribution in [0.3, 0.4) is 0 Å². The maximum Gasteiger partial charge on any atom is 0.233 e. The molecule has 0 aliphatic rings. The van der Waals surface area contributed by atoms with Gasteiger partial charge in [-0.05, 0) is 55.7 Å². The topological polar surface area (TPSA) is 29.1 Å². The van der Waals surface area contributed by atoms with Crippen molar-refractivity contribution in [1.82, 2.24) is 5.32 Å². The van der Waals surface area contributed by atoms with E-state index in [1.807, 2.05) is 55.5 Å². The van der Waals surface area contributed by atoms with Gasteiger partial charge in [0.25, 0.3) is 0 Å². The van der Waals surface area contributed by atoms with Crippen molar-refractivity contribution < 1.29 is 4.79 Å². The zero-order chi connectivity index (χ0) is 16.7. The molecule has 0 radical (unpaired) electrons. The van der Waals surface area contributed by atoms with Crippen molar-refractivity contribution in [3.63, 3.8) is 0 Å². The third kappa shape index (κ3) is 6.09. The number of hydrogen-bond acceptors (Lipinski definition) is 2. The second kappa shape index (κ2) is 9.21. The first-order valence-corrected chi connectivity index (χ1v) is 9.13. The van der Waals surface area contributed by atoms with E-state index in [2.05, 4.69) is 5.32 Å². The largest absolute Gasteiger partial charge is 0.355 e. The summed E-state index contributed by atoms with van der Waals surface area (Å²) >= 11 is 13.5. The van der Waals surface area contributed by atoms with E-state index < -0.39 is 0 Å². The molecule has 0 aliphatic heterocycles. The van der Waals surface area contributed by atoms with Gasteiger partial charge in [0.1, 0.15) is 0 Å². The summed E-state index contributed by atoms with van der Waals surface area (Å²) in [7, 11) is 0. The van der Waals surface area contributed by atoms with Crippen LogP contribution in [0.5, 0.6) is 0 Å². The molecule has 122 valence electrons. The molecule has 1 atom stereocenters. The normalized spacial score (nSPS) is 12.0. The molecule has 0 fully saturated rings. The van der Waals surface area contributed by atoms with E-state index >= 15 is 0 Å². The number of hydrogen-bond donors (Lipinski definition) is 1. The van der Waals surface area contributed by atoms with Gasteiger partial charge < -0.3 is 5.32 Å². The van der Waals surface area contributed by atoms with Gasteiger partial charge in [-0.3, -0.25) is 4.79 Å². The Kier molecular flexibility index (Phi) is 7.28. The molecule has 0 heterocycles. The van der Waals surface area contributed by atoms with Crippen LogP contribution in [0, 0.1) is 0 Å². The van der Waals surface area contributed by atoms with E-state index in [4.69, 9.17) is 23.2 Å². The zero-order valence-electron chi connectivity index (χ0n) is 12.9. The summed E-state index contributed by atoms with van der Waals surface area (Å²) in [4.78, 5) is 13.1. The van der Waals surface area contributed by atoms with Crippen LogP contribution in [0.1, 0.15) is 18.9 Å². The van der Waals surface area contributed by atoms with Crippen LogP contribution in [0.4, 0.5) is 0 Å². The minimum atomic E-state index is -0.142. The van der Waals surface area contributed by atoms with Crippen molar-refractivity contribution in [2.24, 2.45) is 0 Å². The molecule has 5 heteroatoms. The van der Waals surface area contributed by atoms with Crippen LogP contribution in [-0.4, -0.2) is 17.7 Å². The molecule has 0 spiro atoms. The van der Waals surface area contributed by atoms with E-state index in [1.165, 1.54) is 11.8 Å². The molecule has 0 bridgehead atoms. The highest BCUT2D eigenvalue weighted by molar-refractivity contribution is 8.00. The Hall–Kier alpha value is -1.16. The molecular weight excluding hydrogens is 349 g/mol. The van der Waals surface area contributed by atoms with Gasteiger partial charge in [-0.1, -0.05) is 41.4 Å². The fourth-order valence-corrected chi connectivity index (χ4v) is 3.35. The standard InChI is InChI=1S/C18H19Cl2NOS/c1-13(23-16-10-8-15(19)9-11-16)18(22)21-12-4-6-14-5-2-3-7-17(14)20/h2-3,5,7-11,13H,4,6,12H2,1H3,(H,21,22). The average molecular weight is 368 g/mol. The highest BCUT2D eigenvalue weighted by Crippen LogP contribution is 2.24. The van der Waals surface area contributed by atoms with Crippen LogP contribution in [0.25, 0.3) is 0 Å². The van der Waals surface area contributed by atoms with Gasteiger partial charge in [-0.15, -0.1) is 11.8 Å². The summed E-state index contributed by atoms with van der Waals surface area (Å²) in [6.45, 7) is 2.55. The lowest BCUT2D eigenvalue weighted by Crippen LogP contribution is -2.31. The second-order valence-corrected chi connectivity index (χ2v) is 7.46. The SMILES string of the molecule is CC(Sc1ccc(Cl)cc1)C(=O)NCCCc1ccccc1Cl. The predicted octanol–water partition coefficient (Wildman–Crippen LogP) is 5.22. The van der Waals surface area contributed by atoms with Crippen molar-refractivity contribution in [1.29, 1.82) is 0 Å². The van der Waals surface area contributed by atoms with Crippen LogP contribution in [0.15, 0.2) is 53.4 Å². The number of amides is 1. The summed E-state index contributed by atoms with van der Waals surface area (Å²) < 4.78 is 0. The van der Waals surface area contributed by atoms with E-state index in [-0.39, 0.29) is 11.2 Å². The minimum absolute atomic E-state index is 0.0455. The van der Waals surface area contributed by atoms with Crippen molar-refractivity contribution in [2.75, 3.05) is 6.54 Å². The Morgan fingerprint density at radius 2 is 1.83 bits per heavy atom. The Balaban J connectivity index is 1.72. The third-order valence-electron chi connectivity index (χ3n) is 3.38. The van der Waals surface area contributed by atoms with Gasteiger partial charge >= 0.3 is 0 Å². The smallest absolute Gasteiger partial charge is 0.233 e. The molecule has 1 N–H and O–H groups in total. The number of nitrogens with one attached hydrogen (secondary N) is 1. The van der Waals surface area contributed by atoms with Crippen molar-refractivity contribution >= 4 is 40.9 Å². The molecule has 1 unspecified atom stereocenters. The van der Waals surface area contributed by atoms with Gasteiger partial charge in [0.2, 0.25) is 5.91 Å². The lowest BCUT2D eigenvalue weighted by atomic mass is 10.1. The number of carbonyl (C=O) groups is 1. The number of benzene rings is 2. The van der Waals surface area contributed by atoms with E-state index in [0.717, 1.165) is 28.3 Å². The van der Waals surface area contributed by atoms with Crippen molar-refractivity contribution in [2.45, 2.75) is 29.9 Å². The number of aryl methyl sites for hydroxylation is 1. The number of carbonyl (C=O) groups excluding carboxylic acids is 1. The lowest BCUT2D eigenvalue weighted by Gasteiger charge is -2.12. The minimum Gasteiger partial charge on any atom is -0.355 e. The highest BCUT2D eigenvalue weighted by Gasteiger charge is 2.13. The third-order valence-corrected chi connectivity index (χ3v) is 5.11. The summed E-state index contributed by atoms with van der Waals surface area (Å²) in [5.41, 5.74) is 1.12. The molecule has 0 aliphatic carbocycles. The van der Waals surface area contributed by atoms with Crippen LogP contribution >= 0.6 is 35.0 Å². The Morgan fingerprint density at radius 3 is 2.52 bits per heavy atom. The summed E-state index contributed by atoms with van der Waals surface area (Å²) in [6.07, 6.45) is 1.73.